The van der Waals surface area contributed by atoms with Gasteiger partial charge in [0.05, 0.1) is 11.4 Å². The second kappa shape index (κ2) is 9.28. The van der Waals surface area contributed by atoms with E-state index in [4.69, 9.17) is 17.3 Å². The van der Waals surface area contributed by atoms with Crippen LogP contribution in [0.25, 0.3) is 0 Å². The molecule has 1 amide bonds. The highest BCUT2D eigenvalue weighted by Gasteiger charge is 2.08. The van der Waals surface area contributed by atoms with Crippen LogP contribution in [-0.2, 0) is 4.79 Å². The van der Waals surface area contributed by atoms with Crippen molar-refractivity contribution in [3.8, 4) is 0 Å². The van der Waals surface area contributed by atoms with Gasteiger partial charge in [-0.15, -0.1) is 24.8 Å². The van der Waals surface area contributed by atoms with Crippen LogP contribution >= 0.6 is 36.4 Å². The standard InChI is InChI=1S/C11H16ClN3O.2ClH/c1-15(2)10-4-3-8(12)7-9(10)14-11(16)5-6-13;;/h3-4,7H,5-6,13H2,1-2H3,(H,14,16);2*1H. The fourth-order valence-electron chi connectivity index (χ4n) is 1.34. The third-order valence-corrected chi connectivity index (χ3v) is 2.32. The zero-order chi connectivity index (χ0) is 12.1. The molecule has 0 heterocycles. The quantitative estimate of drug-likeness (QED) is 0.898. The lowest BCUT2D eigenvalue weighted by atomic mass is 10.2. The highest BCUT2D eigenvalue weighted by Crippen LogP contribution is 2.27. The number of nitrogens with two attached hydrogens (primary N) is 1. The van der Waals surface area contributed by atoms with Crippen LogP contribution in [0.5, 0.6) is 0 Å². The topological polar surface area (TPSA) is 58.4 Å². The van der Waals surface area contributed by atoms with E-state index < -0.39 is 0 Å². The summed E-state index contributed by atoms with van der Waals surface area (Å²) >= 11 is 5.89. The first-order valence-corrected chi connectivity index (χ1v) is 5.39. The van der Waals surface area contributed by atoms with E-state index in [-0.39, 0.29) is 30.7 Å². The number of hydrogen-bond donors (Lipinski definition) is 2. The van der Waals surface area contributed by atoms with E-state index >= 15 is 0 Å². The Morgan fingerprint density at radius 3 is 2.50 bits per heavy atom. The van der Waals surface area contributed by atoms with Gasteiger partial charge in [0.1, 0.15) is 0 Å². The Hall–Kier alpha value is -0.680. The molecule has 0 saturated carbocycles. The number of hydrogen-bond acceptors (Lipinski definition) is 3. The van der Waals surface area contributed by atoms with Crippen LogP contribution in [0.1, 0.15) is 6.42 Å². The van der Waals surface area contributed by atoms with Crippen LogP contribution in [-0.4, -0.2) is 26.5 Å². The minimum atomic E-state index is -0.104. The van der Waals surface area contributed by atoms with Gasteiger partial charge in [0.25, 0.3) is 0 Å². The Morgan fingerprint density at radius 1 is 1.39 bits per heavy atom. The first-order valence-electron chi connectivity index (χ1n) is 5.01. The molecule has 7 heteroatoms. The first-order chi connectivity index (χ1) is 7.54. The van der Waals surface area contributed by atoms with E-state index in [2.05, 4.69) is 5.32 Å². The first kappa shape index (κ1) is 19.7. The molecule has 0 unspecified atom stereocenters. The molecule has 4 nitrogen and oxygen atoms in total. The summed E-state index contributed by atoms with van der Waals surface area (Å²) in [5.74, 6) is -0.104. The van der Waals surface area contributed by atoms with Gasteiger partial charge in [-0.3, -0.25) is 4.79 Å². The Balaban J connectivity index is 0. The average Bonchev–Trinajstić information content (AvgIpc) is 2.17. The maximum Gasteiger partial charge on any atom is 0.225 e. The van der Waals surface area contributed by atoms with Gasteiger partial charge in [0, 0.05) is 32.1 Å². The number of amides is 1. The largest absolute Gasteiger partial charge is 0.376 e. The summed E-state index contributed by atoms with van der Waals surface area (Å²) in [5.41, 5.74) is 6.93. The highest BCUT2D eigenvalue weighted by molar-refractivity contribution is 6.31. The van der Waals surface area contributed by atoms with Crippen LogP contribution in [0.4, 0.5) is 11.4 Å². The minimum absolute atomic E-state index is 0. The molecule has 1 rings (SSSR count). The van der Waals surface area contributed by atoms with Crippen molar-refractivity contribution in [3.05, 3.63) is 23.2 Å². The van der Waals surface area contributed by atoms with Crippen molar-refractivity contribution in [2.24, 2.45) is 5.73 Å². The molecule has 3 N–H and O–H groups in total. The summed E-state index contributed by atoms with van der Waals surface area (Å²) < 4.78 is 0. The predicted molar refractivity (Wildman–Crippen MR) is 82.6 cm³/mol. The maximum absolute atomic E-state index is 11.4. The Bertz CT molecular complexity index is 386. The van der Waals surface area contributed by atoms with E-state index in [0.29, 0.717) is 23.7 Å². The molecule has 0 aliphatic heterocycles. The molecular weight excluding hydrogens is 296 g/mol. The van der Waals surface area contributed by atoms with Gasteiger partial charge in [-0.2, -0.15) is 0 Å². The van der Waals surface area contributed by atoms with Crippen molar-refractivity contribution in [3.63, 3.8) is 0 Å². The second-order valence-corrected chi connectivity index (χ2v) is 4.08. The molecule has 104 valence electrons. The van der Waals surface area contributed by atoms with E-state index in [1.54, 1.807) is 12.1 Å². The Kier molecular flexibility index (Phi) is 10.1. The molecule has 1 aromatic rings. The van der Waals surface area contributed by atoms with Crippen LogP contribution in [0, 0.1) is 0 Å². The average molecular weight is 315 g/mol. The number of rotatable bonds is 4. The number of halogens is 3. The van der Waals surface area contributed by atoms with E-state index in [1.807, 2.05) is 25.1 Å². The number of benzene rings is 1. The molecule has 0 atom stereocenters. The molecule has 18 heavy (non-hydrogen) atoms. The molecule has 0 aliphatic rings. The fraction of sp³-hybridized carbons (Fsp3) is 0.364. The third-order valence-electron chi connectivity index (χ3n) is 2.09. The van der Waals surface area contributed by atoms with Gasteiger partial charge < -0.3 is 16.0 Å². The summed E-state index contributed by atoms with van der Waals surface area (Å²) in [5, 5.41) is 3.38. The van der Waals surface area contributed by atoms with E-state index in [1.165, 1.54) is 0 Å². The molecule has 0 aliphatic carbocycles. The van der Waals surface area contributed by atoms with E-state index in [0.717, 1.165) is 5.69 Å². The lowest BCUT2D eigenvalue weighted by Crippen LogP contribution is -2.19. The normalized spacial score (nSPS) is 8.89. The van der Waals surface area contributed by atoms with Gasteiger partial charge in [-0.25, -0.2) is 0 Å². The van der Waals surface area contributed by atoms with Crippen molar-refractivity contribution in [1.29, 1.82) is 0 Å². The summed E-state index contributed by atoms with van der Waals surface area (Å²) in [6.07, 6.45) is 0.305. The van der Waals surface area contributed by atoms with Crippen LogP contribution in [0.2, 0.25) is 5.02 Å². The molecule has 0 fully saturated rings. The molecule has 0 aromatic heterocycles. The lowest BCUT2D eigenvalue weighted by molar-refractivity contribution is -0.116. The molecule has 0 spiro atoms. The van der Waals surface area contributed by atoms with E-state index in [9.17, 15) is 4.79 Å². The van der Waals surface area contributed by atoms with Gasteiger partial charge in [0.15, 0.2) is 0 Å². The van der Waals surface area contributed by atoms with Crippen LogP contribution in [0.15, 0.2) is 18.2 Å². The molecule has 0 radical (unpaired) electrons. The highest BCUT2D eigenvalue weighted by atomic mass is 35.5. The van der Waals surface area contributed by atoms with Crippen molar-refractivity contribution >= 4 is 53.7 Å². The summed E-state index contributed by atoms with van der Waals surface area (Å²) in [6.45, 7) is 0.337. The zero-order valence-electron chi connectivity index (χ0n) is 10.3. The van der Waals surface area contributed by atoms with Crippen molar-refractivity contribution < 1.29 is 4.79 Å². The molecule has 1 aromatic carbocycles. The van der Waals surface area contributed by atoms with Crippen molar-refractivity contribution in [1.82, 2.24) is 0 Å². The minimum Gasteiger partial charge on any atom is -0.376 e. The van der Waals surface area contributed by atoms with Gasteiger partial charge in [-0.05, 0) is 18.2 Å². The zero-order valence-corrected chi connectivity index (χ0v) is 12.7. The third kappa shape index (κ3) is 5.78. The summed E-state index contributed by atoms with van der Waals surface area (Å²) in [7, 11) is 3.81. The number of anilines is 2. The van der Waals surface area contributed by atoms with Gasteiger partial charge in [0.2, 0.25) is 5.91 Å². The number of nitrogens with zero attached hydrogens (tertiary/aromatic N) is 1. The number of carbonyl (C=O) groups is 1. The van der Waals surface area contributed by atoms with Crippen LogP contribution in [0.3, 0.4) is 0 Å². The molecule has 0 bridgehead atoms. The lowest BCUT2D eigenvalue weighted by Gasteiger charge is -2.18. The fourth-order valence-corrected chi connectivity index (χ4v) is 1.51. The SMILES string of the molecule is CN(C)c1ccc(Cl)cc1NC(=O)CCN.Cl.Cl. The smallest absolute Gasteiger partial charge is 0.225 e. The molecule has 0 saturated heterocycles. The predicted octanol–water partition coefficient (Wildman–Crippen LogP) is 2.54. The van der Waals surface area contributed by atoms with Gasteiger partial charge >= 0.3 is 0 Å². The second-order valence-electron chi connectivity index (χ2n) is 3.64. The molecular formula is C11H18Cl3N3O. The van der Waals surface area contributed by atoms with Crippen molar-refractivity contribution in [2.75, 3.05) is 30.9 Å². The van der Waals surface area contributed by atoms with Crippen LogP contribution < -0.4 is 16.0 Å². The Labute approximate surface area is 125 Å². The Morgan fingerprint density at radius 2 is 2.00 bits per heavy atom. The maximum atomic E-state index is 11.4. The van der Waals surface area contributed by atoms with Gasteiger partial charge in [-0.1, -0.05) is 11.6 Å². The number of nitrogens with one attached hydrogen (secondary N) is 1. The van der Waals surface area contributed by atoms with Crippen molar-refractivity contribution in [2.45, 2.75) is 6.42 Å². The summed E-state index contributed by atoms with van der Waals surface area (Å²) in [6, 6.07) is 5.38. The summed E-state index contributed by atoms with van der Waals surface area (Å²) in [4.78, 5) is 13.4. The number of carbonyl (C=O) groups excluding carboxylic acids is 1. The monoisotopic (exact) mass is 313 g/mol.